The molecule has 2 heterocycles. The number of aromatic amines is 1. The SMILES string of the molecule is CC(C)(C)N1CC(OC(=O)Nc2ccc(-c3c(Cl)cc(Nc4n[nH]c(N)n4)cc3C(F)(F)F)cc2)C1. The predicted molar refractivity (Wildman–Crippen MR) is 131 cm³/mol. The first-order valence-electron chi connectivity index (χ1n) is 11.0. The molecular formula is C23H25ClF3N7O2. The van der Waals surface area contributed by atoms with Crippen LogP contribution in [0.15, 0.2) is 36.4 Å². The molecule has 2 aromatic carbocycles. The molecule has 4 rings (SSSR count). The van der Waals surface area contributed by atoms with Gasteiger partial charge in [0.2, 0.25) is 11.9 Å². The molecule has 0 radical (unpaired) electrons. The highest BCUT2D eigenvalue weighted by Gasteiger charge is 2.37. The van der Waals surface area contributed by atoms with E-state index in [9.17, 15) is 18.0 Å². The number of amides is 1. The van der Waals surface area contributed by atoms with Crippen molar-refractivity contribution < 1.29 is 22.7 Å². The summed E-state index contributed by atoms with van der Waals surface area (Å²) in [7, 11) is 0. The van der Waals surface area contributed by atoms with Gasteiger partial charge in [-0.15, -0.1) is 5.10 Å². The van der Waals surface area contributed by atoms with Crippen molar-refractivity contribution in [3.8, 4) is 11.1 Å². The Kier molecular flexibility index (Phi) is 6.76. The lowest BCUT2D eigenvalue weighted by molar-refractivity contribution is -0.137. The molecule has 0 saturated carbocycles. The lowest BCUT2D eigenvalue weighted by atomic mass is 9.98. The standard InChI is InChI=1S/C23H25ClF3N7O2/c1-22(2,3)34-10-15(11-34)36-21(35)30-13-6-4-12(5-7-13)18-16(23(25,26)27)8-14(9-17(18)24)29-20-31-19(28)32-33-20/h4-9,15H,10-11H2,1-3H3,(H,30,35)(H4,28,29,31,32,33). The Bertz CT molecular complexity index is 1250. The summed E-state index contributed by atoms with van der Waals surface area (Å²) in [5.41, 5.74) is 4.94. The molecule has 0 unspecified atom stereocenters. The van der Waals surface area contributed by atoms with E-state index in [2.05, 4.69) is 51.5 Å². The number of nitrogens with two attached hydrogens (primary N) is 1. The zero-order valence-electron chi connectivity index (χ0n) is 19.7. The number of ether oxygens (including phenoxy) is 1. The third-order valence-electron chi connectivity index (χ3n) is 5.64. The van der Waals surface area contributed by atoms with Crippen LogP contribution in [0.25, 0.3) is 11.1 Å². The lowest BCUT2D eigenvalue weighted by Crippen LogP contribution is -2.60. The van der Waals surface area contributed by atoms with Gasteiger partial charge in [-0.25, -0.2) is 9.89 Å². The van der Waals surface area contributed by atoms with Gasteiger partial charge in [0.25, 0.3) is 0 Å². The molecule has 9 nitrogen and oxygen atoms in total. The molecule has 1 saturated heterocycles. The van der Waals surface area contributed by atoms with E-state index in [1.807, 2.05) is 0 Å². The molecule has 0 bridgehead atoms. The van der Waals surface area contributed by atoms with Crippen molar-refractivity contribution in [3.05, 3.63) is 47.0 Å². The monoisotopic (exact) mass is 523 g/mol. The number of hydrogen-bond donors (Lipinski definition) is 4. The number of anilines is 4. The zero-order chi connectivity index (χ0) is 26.3. The van der Waals surface area contributed by atoms with Gasteiger partial charge in [-0.05, 0) is 50.6 Å². The smallest absolute Gasteiger partial charge is 0.417 e. The second-order valence-electron chi connectivity index (χ2n) is 9.35. The normalized spacial score (nSPS) is 14.9. The topological polar surface area (TPSA) is 121 Å². The maximum absolute atomic E-state index is 13.9. The average Bonchev–Trinajstić information content (AvgIpc) is 3.14. The van der Waals surface area contributed by atoms with Gasteiger partial charge in [0.05, 0.1) is 10.6 Å². The fraction of sp³-hybridized carbons (Fsp3) is 0.348. The Hall–Kier alpha value is -3.51. The lowest BCUT2D eigenvalue weighted by Gasteiger charge is -2.46. The number of aromatic nitrogens is 3. The summed E-state index contributed by atoms with van der Waals surface area (Å²) in [6.07, 6.45) is -5.53. The molecule has 3 aromatic rings. The number of carbonyl (C=O) groups is 1. The van der Waals surface area contributed by atoms with Crippen molar-refractivity contribution in [2.75, 3.05) is 29.5 Å². The van der Waals surface area contributed by atoms with Gasteiger partial charge in [-0.3, -0.25) is 10.2 Å². The van der Waals surface area contributed by atoms with Crippen LogP contribution in [0.1, 0.15) is 26.3 Å². The molecular weight excluding hydrogens is 499 g/mol. The van der Waals surface area contributed by atoms with Crippen LogP contribution in [0.2, 0.25) is 5.02 Å². The largest absolute Gasteiger partial charge is 0.443 e. The number of nitrogen functional groups attached to an aromatic ring is 1. The zero-order valence-corrected chi connectivity index (χ0v) is 20.5. The minimum absolute atomic E-state index is 0.000213. The Morgan fingerprint density at radius 1 is 1.17 bits per heavy atom. The maximum atomic E-state index is 13.9. The number of benzene rings is 2. The summed E-state index contributed by atoms with van der Waals surface area (Å²) in [6.45, 7) is 7.53. The van der Waals surface area contributed by atoms with Crippen molar-refractivity contribution in [2.24, 2.45) is 0 Å². The number of hydrogen-bond acceptors (Lipinski definition) is 7. The molecule has 1 fully saturated rings. The van der Waals surface area contributed by atoms with E-state index < -0.39 is 17.8 Å². The molecule has 0 spiro atoms. The fourth-order valence-electron chi connectivity index (χ4n) is 3.73. The Morgan fingerprint density at radius 2 is 1.83 bits per heavy atom. The molecule has 0 aliphatic carbocycles. The molecule has 0 atom stereocenters. The van der Waals surface area contributed by atoms with Gasteiger partial charge >= 0.3 is 12.3 Å². The Morgan fingerprint density at radius 3 is 2.39 bits per heavy atom. The van der Waals surface area contributed by atoms with Gasteiger partial charge in [0.15, 0.2) is 0 Å². The van der Waals surface area contributed by atoms with Gasteiger partial charge in [-0.2, -0.15) is 18.2 Å². The summed E-state index contributed by atoms with van der Waals surface area (Å²) in [6, 6.07) is 8.11. The first kappa shape index (κ1) is 25.6. The van der Waals surface area contributed by atoms with Crippen LogP contribution in [0.3, 0.4) is 0 Å². The number of halogens is 4. The average molecular weight is 524 g/mol. The molecule has 5 N–H and O–H groups in total. The highest BCUT2D eigenvalue weighted by molar-refractivity contribution is 6.34. The summed E-state index contributed by atoms with van der Waals surface area (Å²) < 4.78 is 47.2. The van der Waals surface area contributed by atoms with E-state index in [0.717, 1.165) is 6.07 Å². The molecule has 1 amide bonds. The van der Waals surface area contributed by atoms with Crippen molar-refractivity contribution in [2.45, 2.75) is 38.6 Å². The minimum atomic E-state index is -4.70. The van der Waals surface area contributed by atoms with Crippen LogP contribution in [-0.2, 0) is 10.9 Å². The molecule has 1 aliphatic rings. The van der Waals surface area contributed by atoms with E-state index in [4.69, 9.17) is 22.1 Å². The van der Waals surface area contributed by atoms with E-state index in [-0.39, 0.29) is 45.4 Å². The summed E-state index contributed by atoms with van der Waals surface area (Å²) in [5.74, 6) is 0.00757. The number of likely N-dealkylation sites (tertiary alicyclic amines) is 1. The summed E-state index contributed by atoms with van der Waals surface area (Å²) in [4.78, 5) is 18.2. The minimum Gasteiger partial charge on any atom is -0.443 e. The van der Waals surface area contributed by atoms with Gasteiger partial charge < -0.3 is 15.8 Å². The molecule has 13 heteroatoms. The number of rotatable bonds is 5. The molecule has 1 aromatic heterocycles. The van der Waals surface area contributed by atoms with Crippen LogP contribution < -0.4 is 16.4 Å². The van der Waals surface area contributed by atoms with Crippen LogP contribution in [-0.4, -0.2) is 50.9 Å². The number of nitrogens with zero attached hydrogens (tertiary/aromatic N) is 3. The predicted octanol–water partition coefficient (Wildman–Crippen LogP) is 5.50. The van der Waals surface area contributed by atoms with Crippen molar-refractivity contribution in [1.82, 2.24) is 20.1 Å². The van der Waals surface area contributed by atoms with E-state index >= 15 is 0 Å². The maximum Gasteiger partial charge on any atom is 0.417 e. The van der Waals surface area contributed by atoms with Gasteiger partial charge in [0, 0.05) is 35.6 Å². The third-order valence-corrected chi connectivity index (χ3v) is 5.94. The number of carbonyl (C=O) groups excluding carboxylic acids is 1. The van der Waals surface area contributed by atoms with Crippen LogP contribution in [0, 0.1) is 0 Å². The number of alkyl halides is 3. The fourth-order valence-corrected chi connectivity index (χ4v) is 4.06. The third kappa shape index (κ3) is 5.82. The first-order chi connectivity index (χ1) is 16.8. The number of nitrogens with one attached hydrogen (secondary N) is 3. The summed E-state index contributed by atoms with van der Waals surface area (Å²) >= 11 is 6.29. The Labute approximate surface area is 210 Å². The van der Waals surface area contributed by atoms with Crippen molar-refractivity contribution in [1.29, 1.82) is 0 Å². The second-order valence-corrected chi connectivity index (χ2v) is 9.76. The van der Waals surface area contributed by atoms with E-state index in [1.54, 1.807) is 0 Å². The number of H-pyrrole nitrogens is 1. The Balaban J connectivity index is 1.48. The van der Waals surface area contributed by atoms with Crippen molar-refractivity contribution in [3.63, 3.8) is 0 Å². The molecule has 192 valence electrons. The van der Waals surface area contributed by atoms with E-state index in [0.29, 0.717) is 18.8 Å². The van der Waals surface area contributed by atoms with Crippen LogP contribution in [0.4, 0.5) is 41.2 Å². The van der Waals surface area contributed by atoms with Gasteiger partial charge in [-0.1, -0.05) is 23.7 Å². The van der Waals surface area contributed by atoms with Crippen LogP contribution >= 0.6 is 11.6 Å². The van der Waals surface area contributed by atoms with Gasteiger partial charge in [0.1, 0.15) is 6.10 Å². The molecule has 1 aliphatic heterocycles. The first-order valence-corrected chi connectivity index (χ1v) is 11.4. The highest BCUT2D eigenvalue weighted by Crippen LogP contribution is 2.43. The van der Waals surface area contributed by atoms with Crippen molar-refractivity contribution >= 4 is 41.0 Å². The van der Waals surface area contributed by atoms with Crippen LogP contribution in [0.5, 0.6) is 0 Å². The van der Waals surface area contributed by atoms with E-state index in [1.165, 1.54) is 30.3 Å². The highest BCUT2D eigenvalue weighted by atomic mass is 35.5. The second kappa shape index (κ2) is 9.51. The summed E-state index contributed by atoms with van der Waals surface area (Å²) in [5, 5.41) is 11.2. The quantitative estimate of drug-likeness (QED) is 0.348. The molecule has 36 heavy (non-hydrogen) atoms.